The highest BCUT2D eigenvalue weighted by Crippen LogP contribution is 2.18. The van der Waals surface area contributed by atoms with E-state index >= 15 is 0 Å². The molecular formula is C17H24N4O. The van der Waals surface area contributed by atoms with E-state index in [1.54, 1.807) is 0 Å². The predicted octanol–water partition coefficient (Wildman–Crippen LogP) is 2.37. The van der Waals surface area contributed by atoms with E-state index < -0.39 is 0 Å². The number of amides is 1. The first kappa shape index (κ1) is 14.9. The van der Waals surface area contributed by atoms with E-state index in [0.29, 0.717) is 0 Å². The Labute approximate surface area is 131 Å². The lowest BCUT2D eigenvalue weighted by atomic mass is 10.1. The Morgan fingerprint density at radius 3 is 2.86 bits per heavy atom. The summed E-state index contributed by atoms with van der Waals surface area (Å²) in [6.07, 6.45) is 3.94. The minimum atomic E-state index is 0.0399. The summed E-state index contributed by atoms with van der Waals surface area (Å²) in [5.74, 6) is 1.17. The molecule has 3 rings (SSSR count). The first-order valence-corrected chi connectivity index (χ1v) is 7.99. The zero-order chi connectivity index (χ0) is 15.9. The van der Waals surface area contributed by atoms with E-state index in [1.807, 2.05) is 19.9 Å². The Kier molecular flexibility index (Phi) is 3.81. The van der Waals surface area contributed by atoms with Gasteiger partial charge in [0.05, 0.1) is 11.3 Å². The SMILES string of the molecule is CCn1c(C)cc(C(=O)N[C@H]2CCc3nc(C)cn3C2)c1C. The zero-order valence-electron chi connectivity index (χ0n) is 13.8. The predicted molar refractivity (Wildman–Crippen MR) is 86.1 cm³/mol. The lowest BCUT2D eigenvalue weighted by Crippen LogP contribution is -2.41. The van der Waals surface area contributed by atoms with Gasteiger partial charge in [0.1, 0.15) is 5.82 Å². The van der Waals surface area contributed by atoms with Gasteiger partial charge in [-0.2, -0.15) is 0 Å². The van der Waals surface area contributed by atoms with Crippen molar-refractivity contribution in [3.05, 3.63) is 40.7 Å². The molecule has 0 aliphatic carbocycles. The van der Waals surface area contributed by atoms with Crippen LogP contribution in [0.1, 0.15) is 46.6 Å². The van der Waals surface area contributed by atoms with Crippen LogP contribution in [-0.2, 0) is 19.5 Å². The van der Waals surface area contributed by atoms with Gasteiger partial charge in [0.25, 0.3) is 5.91 Å². The number of hydrogen-bond acceptors (Lipinski definition) is 2. The molecule has 0 fully saturated rings. The minimum absolute atomic E-state index is 0.0399. The summed E-state index contributed by atoms with van der Waals surface area (Å²) in [4.78, 5) is 17.1. The summed E-state index contributed by atoms with van der Waals surface area (Å²) >= 11 is 0. The van der Waals surface area contributed by atoms with Crippen LogP contribution in [0.15, 0.2) is 12.3 Å². The maximum atomic E-state index is 12.6. The van der Waals surface area contributed by atoms with E-state index in [1.165, 1.54) is 0 Å². The fourth-order valence-electron chi connectivity index (χ4n) is 3.48. The van der Waals surface area contributed by atoms with Crippen molar-refractivity contribution in [1.82, 2.24) is 19.4 Å². The summed E-state index contributed by atoms with van der Waals surface area (Å²) in [6.45, 7) is 9.89. The second-order valence-electron chi connectivity index (χ2n) is 6.19. The van der Waals surface area contributed by atoms with Crippen LogP contribution in [0.2, 0.25) is 0 Å². The van der Waals surface area contributed by atoms with Gasteiger partial charge in [-0.3, -0.25) is 4.79 Å². The van der Waals surface area contributed by atoms with Gasteiger partial charge in [-0.25, -0.2) is 4.98 Å². The second kappa shape index (κ2) is 5.63. The van der Waals surface area contributed by atoms with Crippen molar-refractivity contribution in [2.75, 3.05) is 0 Å². The molecule has 3 heterocycles. The van der Waals surface area contributed by atoms with Crippen molar-refractivity contribution in [3.63, 3.8) is 0 Å². The number of aromatic nitrogens is 3. The van der Waals surface area contributed by atoms with Crippen LogP contribution >= 0.6 is 0 Å². The largest absolute Gasteiger partial charge is 0.349 e. The number of rotatable bonds is 3. The highest BCUT2D eigenvalue weighted by Gasteiger charge is 2.23. The van der Waals surface area contributed by atoms with Crippen molar-refractivity contribution in [3.8, 4) is 0 Å². The van der Waals surface area contributed by atoms with Gasteiger partial charge in [0.2, 0.25) is 0 Å². The van der Waals surface area contributed by atoms with Gasteiger partial charge in [-0.05, 0) is 40.2 Å². The van der Waals surface area contributed by atoms with E-state index in [0.717, 1.165) is 54.4 Å². The number of fused-ring (bicyclic) bond motifs is 1. The first-order valence-electron chi connectivity index (χ1n) is 7.99. The zero-order valence-corrected chi connectivity index (χ0v) is 13.8. The van der Waals surface area contributed by atoms with E-state index in [2.05, 4.69) is 39.5 Å². The molecular weight excluding hydrogens is 276 g/mol. The highest BCUT2D eigenvalue weighted by molar-refractivity contribution is 5.95. The molecule has 0 saturated carbocycles. The van der Waals surface area contributed by atoms with Crippen LogP contribution in [0.4, 0.5) is 0 Å². The van der Waals surface area contributed by atoms with Crippen molar-refractivity contribution in [2.24, 2.45) is 0 Å². The van der Waals surface area contributed by atoms with Crippen molar-refractivity contribution < 1.29 is 4.79 Å². The average Bonchev–Trinajstić information content (AvgIpc) is 2.97. The number of carbonyl (C=O) groups excluding carboxylic acids is 1. The first-order chi connectivity index (χ1) is 10.5. The molecule has 0 unspecified atom stereocenters. The average molecular weight is 300 g/mol. The van der Waals surface area contributed by atoms with Gasteiger partial charge >= 0.3 is 0 Å². The van der Waals surface area contributed by atoms with Crippen molar-refractivity contribution in [2.45, 2.75) is 59.7 Å². The van der Waals surface area contributed by atoms with Crippen molar-refractivity contribution >= 4 is 5.91 Å². The van der Waals surface area contributed by atoms with Crippen molar-refractivity contribution in [1.29, 1.82) is 0 Å². The number of aryl methyl sites for hydroxylation is 3. The lowest BCUT2D eigenvalue weighted by molar-refractivity contribution is 0.0927. The fraction of sp³-hybridized carbons (Fsp3) is 0.529. The minimum Gasteiger partial charge on any atom is -0.349 e. The molecule has 1 atom stereocenters. The third-order valence-corrected chi connectivity index (χ3v) is 4.58. The van der Waals surface area contributed by atoms with E-state index in [9.17, 15) is 4.79 Å². The fourth-order valence-corrected chi connectivity index (χ4v) is 3.48. The van der Waals surface area contributed by atoms with Gasteiger partial charge in [0.15, 0.2) is 0 Å². The molecule has 0 aromatic carbocycles. The Bertz CT molecular complexity index is 711. The topological polar surface area (TPSA) is 51.9 Å². The molecule has 1 aliphatic rings. The third kappa shape index (κ3) is 2.56. The van der Waals surface area contributed by atoms with Crippen LogP contribution in [0.5, 0.6) is 0 Å². The Morgan fingerprint density at radius 2 is 2.18 bits per heavy atom. The van der Waals surface area contributed by atoms with Crippen LogP contribution in [0.25, 0.3) is 0 Å². The molecule has 118 valence electrons. The standard InChI is InChI=1S/C17H24N4O/c1-5-21-12(3)8-15(13(21)4)17(22)19-14-6-7-16-18-11(2)9-20(16)10-14/h8-9,14H,5-7,10H2,1-4H3,(H,19,22)/t14-/m0/s1. The van der Waals surface area contributed by atoms with Crippen LogP contribution in [0.3, 0.4) is 0 Å². The normalized spacial score (nSPS) is 17.4. The summed E-state index contributed by atoms with van der Waals surface area (Å²) in [5, 5.41) is 3.19. The van der Waals surface area contributed by atoms with Gasteiger partial charge in [-0.1, -0.05) is 0 Å². The molecule has 1 amide bonds. The monoisotopic (exact) mass is 300 g/mol. The Morgan fingerprint density at radius 1 is 1.41 bits per heavy atom. The highest BCUT2D eigenvalue weighted by atomic mass is 16.1. The molecule has 0 saturated heterocycles. The number of nitrogens with one attached hydrogen (secondary N) is 1. The molecule has 0 bridgehead atoms. The molecule has 0 spiro atoms. The maximum Gasteiger partial charge on any atom is 0.253 e. The smallest absolute Gasteiger partial charge is 0.253 e. The number of nitrogens with zero attached hydrogens (tertiary/aromatic N) is 3. The number of hydrogen-bond donors (Lipinski definition) is 1. The molecule has 1 aliphatic heterocycles. The molecule has 5 heteroatoms. The van der Waals surface area contributed by atoms with E-state index in [-0.39, 0.29) is 11.9 Å². The maximum absolute atomic E-state index is 12.6. The van der Waals surface area contributed by atoms with Crippen LogP contribution < -0.4 is 5.32 Å². The molecule has 22 heavy (non-hydrogen) atoms. The van der Waals surface area contributed by atoms with Gasteiger partial charge in [-0.15, -0.1) is 0 Å². The number of imidazole rings is 1. The Hall–Kier alpha value is -2.04. The van der Waals surface area contributed by atoms with E-state index in [4.69, 9.17) is 0 Å². The Balaban J connectivity index is 1.73. The van der Waals surface area contributed by atoms with Crippen LogP contribution in [-0.4, -0.2) is 26.1 Å². The summed E-state index contributed by atoms with van der Waals surface area (Å²) in [6, 6.07) is 2.17. The summed E-state index contributed by atoms with van der Waals surface area (Å²) < 4.78 is 4.34. The third-order valence-electron chi connectivity index (χ3n) is 4.58. The number of carbonyl (C=O) groups is 1. The molecule has 0 radical (unpaired) electrons. The summed E-state index contributed by atoms with van der Waals surface area (Å²) in [7, 11) is 0. The quantitative estimate of drug-likeness (QED) is 0.946. The van der Waals surface area contributed by atoms with Gasteiger partial charge < -0.3 is 14.5 Å². The van der Waals surface area contributed by atoms with Crippen LogP contribution in [0, 0.1) is 20.8 Å². The van der Waals surface area contributed by atoms with Gasteiger partial charge in [0, 0.05) is 43.1 Å². The summed E-state index contributed by atoms with van der Waals surface area (Å²) in [5.41, 5.74) is 4.04. The molecule has 2 aromatic heterocycles. The molecule has 5 nitrogen and oxygen atoms in total. The lowest BCUT2D eigenvalue weighted by Gasteiger charge is -2.24. The molecule has 1 N–H and O–H groups in total. The molecule has 2 aromatic rings. The second-order valence-corrected chi connectivity index (χ2v) is 6.19.